The Hall–Kier alpha value is -3.81. The van der Waals surface area contributed by atoms with Crippen molar-refractivity contribution in [1.82, 2.24) is 0 Å². The molecule has 0 saturated carbocycles. The molecule has 0 amide bonds. The van der Waals surface area contributed by atoms with Crippen molar-refractivity contribution in [2.24, 2.45) is 0 Å². The van der Waals surface area contributed by atoms with Gasteiger partial charge in [-0.05, 0) is 74.8 Å². The van der Waals surface area contributed by atoms with Gasteiger partial charge in [0.05, 0.1) is 34.0 Å². The molecule has 0 aliphatic heterocycles. The smallest absolute Gasteiger partial charge is 0.174 e. The molecule has 0 heterocycles. The minimum absolute atomic E-state index is 0.256. The van der Waals surface area contributed by atoms with Gasteiger partial charge in [-0.3, -0.25) is 0 Å². The van der Waals surface area contributed by atoms with E-state index in [1.165, 1.54) is 0 Å². The molecule has 33 heavy (non-hydrogen) atoms. The minimum atomic E-state index is 0.256. The van der Waals surface area contributed by atoms with E-state index in [9.17, 15) is 10.5 Å². The van der Waals surface area contributed by atoms with E-state index < -0.39 is 0 Å². The maximum Gasteiger partial charge on any atom is 0.174 e. The van der Waals surface area contributed by atoms with E-state index in [4.69, 9.17) is 9.47 Å². The predicted molar refractivity (Wildman–Crippen MR) is 139 cm³/mol. The molecule has 0 N–H and O–H groups in total. The number of rotatable bonds is 6. The first kappa shape index (κ1) is 22.4. The summed E-state index contributed by atoms with van der Waals surface area (Å²) in [7, 11) is 1.59. The fraction of sp³-hybridized carbons (Fsp3) is 0.0714. The van der Waals surface area contributed by atoms with E-state index in [-0.39, 0.29) is 6.61 Å². The summed E-state index contributed by atoms with van der Waals surface area (Å²) in [6.07, 6.45) is 1.85. The molecule has 4 rings (SSSR count). The summed E-state index contributed by atoms with van der Waals surface area (Å²) in [5.74, 6) is 1.17. The molecule has 4 nitrogen and oxygen atoms in total. The van der Waals surface area contributed by atoms with E-state index in [1.807, 2.05) is 72.8 Å². The number of ether oxygens (including phenoxy) is 2. The predicted octanol–water partition coefficient (Wildman–Crippen LogP) is 6.97. The number of benzene rings is 4. The van der Waals surface area contributed by atoms with Gasteiger partial charge < -0.3 is 9.47 Å². The minimum Gasteiger partial charge on any atom is -0.493 e. The number of allylic oxidation sites excluding steroid dienone is 1. The lowest BCUT2D eigenvalue weighted by atomic mass is 10.00. The molecule has 5 heteroatoms. The lowest BCUT2D eigenvalue weighted by Crippen LogP contribution is -2.02. The van der Waals surface area contributed by atoms with Gasteiger partial charge >= 0.3 is 0 Å². The summed E-state index contributed by atoms with van der Waals surface area (Å²) in [6.45, 7) is 0.256. The molecule has 0 fully saturated rings. The second-order valence-corrected chi connectivity index (χ2v) is 8.49. The lowest BCUT2D eigenvalue weighted by Gasteiger charge is -2.14. The highest BCUT2D eigenvalue weighted by Gasteiger charge is 2.13. The van der Waals surface area contributed by atoms with Gasteiger partial charge in [0.15, 0.2) is 11.5 Å². The highest BCUT2D eigenvalue weighted by Crippen LogP contribution is 2.36. The van der Waals surface area contributed by atoms with Crippen LogP contribution < -0.4 is 9.47 Å². The summed E-state index contributed by atoms with van der Waals surface area (Å²) in [4.78, 5) is 0. The Morgan fingerprint density at radius 1 is 0.939 bits per heavy atom. The Bertz CT molecular complexity index is 1440. The first-order valence-electron chi connectivity index (χ1n) is 10.2. The number of fused-ring (bicyclic) bond motifs is 1. The van der Waals surface area contributed by atoms with Crippen LogP contribution in [0.5, 0.6) is 11.5 Å². The monoisotopic (exact) mass is 542 g/mol. The van der Waals surface area contributed by atoms with Crippen molar-refractivity contribution in [3.8, 4) is 23.6 Å². The van der Waals surface area contributed by atoms with Crippen molar-refractivity contribution >= 4 is 45.0 Å². The fourth-order valence-corrected chi connectivity index (χ4v) is 4.35. The topological polar surface area (TPSA) is 66.0 Å². The quantitative estimate of drug-likeness (QED) is 0.150. The normalized spacial score (nSPS) is 11.0. The highest BCUT2D eigenvalue weighted by molar-refractivity contribution is 14.1. The van der Waals surface area contributed by atoms with Gasteiger partial charge in [-0.15, -0.1) is 0 Å². The SMILES string of the molecule is COc1cc(/C=C(/C#N)c2ccc3ccccc3c2)cc(I)c1OCc1ccccc1C#N. The summed E-state index contributed by atoms with van der Waals surface area (Å²) in [6, 6.07) is 29.8. The van der Waals surface area contributed by atoms with Crippen LogP contribution in [0.3, 0.4) is 0 Å². The van der Waals surface area contributed by atoms with Crippen LogP contribution in [0.1, 0.15) is 22.3 Å². The highest BCUT2D eigenvalue weighted by atomic mass is 127. The van der Waals surface area contributed by atoms with Crippen molar-refractivity contribution in [3.05, 3.63) is 105 Å². The zero-order chi connectivity index (χ0) is 23.2. The Morgan fingerprint density at radius 2 is 1.70 bits per heavy atom. The summed E-state index contributed by atoms with van der Waals surface area (Å²) >= 11 is 2.20. The average Bonchev–Trinajstić information content (AvgIpc) is 2.86. The Kier molecular flexibility index (Phi) is 6.92. The van der Waals surface area contributed by atoms with Crippen LogP contribution in [0, 0.1) is 26.2 Å². The van der Waals surface area contributed by atoms with E-state index >= 15 is 0 Å². The van der Waals surface area contributed by atoms with Gasteiger partial charge in [0.2, 0.25) is 0 Å². The van der Waals surface area contributed by atoms with Crippen LogP contribution in [0.4, 0.5) is 0 Å². The molecule has 0 unspecified atom stereocenters. The number of methoxy groups -OCH3 is 1. The van der Waals surface area contributed by atoms with Crippen LogP contribution in [-0.2, 0) is 6.61 Å². The maximum absolute atomic E-state index is 9.82. The Morgan fingerprint density at radius 3 is 2.45 bits per heavy atom. The zero-order valence-electron chi connectivity index (χ0n) is 17.9. The fourth-order valence-electron chi connectivity index (χ4n) is 3.57. The third-order valence-corrected chi connectivity index (χ3v) is 6.05. The van der Waals surface area contributed by atoms with Gasteiger partial charge in [0, 0.05) is 5.56 Å². The van der Waals surface area contributed by atoms with E-state index in [1.54, 1.807) is 13.2 Å². The molecule has 0 radical (unpaired) electrons. The number of nitrogens with zero attached hydrogens (tertiary/aromatic N) is 2. The molecular weight excluding hydrogens is 523 g/mol. The first-order chi connectivity index (χ1) is 16.1. The van der Waals surface area contributed by atoms with E-state index in [0.717, 1.165) is 31.0 Å². The standard InChI is InChI=1S/C28H19IN2O2/c1-32-27-14-19(12-25(17-31)22-11-10-20-6-2-3-7-21(20)15-22)13-26(29)28(27)33-18-24-9-5-4-8-23(24)16-30/h2-15H,18H2,1H3/b25-12-. The summed E-state index contributed by atoms with van der Waals surface area (Å²) < 4.78 is 12.5. The number of hydrogen-bond acceptors (Lipinski definition) is 4. The zero-order valence-corrected chi connectivity index (χ0v) is 20.0. The summed E-state index contributed by atoms with van der Waals surface area (Å²) in [5, 5.41) is 21.3. The number of nitriles is 2. The van der Waals surface area contributed by atoms with Gasteiger partial charge in [0.25, 0.3) is 0 Å². The molecule has 0 aliphatic rings. The molecule has 0 spiro atoms. The van der Waals surface area contributed by atoms with Gasteiger partial charge in [-0.2, -0.15) is 10.5 Å². The molecule has 4 aromatic rings. The number of hydrogen-bond donors (Lipinski definition) is 0. The van der Waals surface area contributed by atoms with Gasteiger partial charge in [-0.1, -0.05) is 54.6 Å². The molecule has 160 valence electrons. The van der Waals surface area contributed by atoms with Crippen LogP contribution in [-0.4, -0.2) is 7.11 Å². The Labute approximate surface area is 206 Å². The van der Waals surface area contributed by atoms with Crippen LogP contribution in [0.25, 0.3) is 22.4 Å². The van der Waals surface area contributed by atoms with Crippen molar-refractivity contribution in [2.45, 2.75) is 6.61 Å². The molecule has 4 aromatic carbocycles. The molecule has 0 aromatic heterocycles. The van der Waals surface area contributed by atoms with Crippen molar-refractivity contribution < 1.29 is 9.47 Å². The van der Waals surface area contributed by atoms with Gasteiger partial charge in [0.1, 0.15) is 6.61 Å². The molecule has 0 bridgehead atoms. The van der Waals surface area contributed by atoms with Crippen LogP contribution in [0.15, 0.2) is 78.9 Å². The molecule has 0 aliphatic carbocycles. The Balaban J connectivity index is 1.65. The maximum atomic E-state index is 9.82. The lowest BCUT2D eigenvalue weighted by molar-refractivity contribution is 0.282. The van der Waals surface area contributed by atoms with Crippen molar-refractivity contribution in [3.63, 3.8) is 0 Å². The van der Waals surface area contributed by atoms with Crippen molar-refractivity contribution in [1.29, 1.82) is 10.5 Å². The van der Waals surface area contributed by atoms with Gasteiger partial charge in [-0.25, -0.2) is 0 Å². The first-order valence-corrected chi connectivity index (χ1v) is 11.3. The van der Waals surface area contributed by atoms with Crippen LogP contribution in [0.2, 0.25) is 0 Å². The molecule has 0 atom stereocenters. The van der Waals surface area contributed by atoms with E-state index in [0.29, 0.717) is 22.6 Å². The molecule has 0 saturated heterocycles. The third kappa shape index (κ3) is 5.00. The average molecular weight is 542 g/mol. The second-order valence-electron chi connectivity index (χ2n) is 7.32. The third-order valence-electron chi connectivity index (χ3n) is 5.25. The molecular formula is C28H19IN2O2. The van der Waals surface area contributed by atoms with Crippen molar-refractivity contribution in [2.75, 3.05) is 7.11 Å². The largest absolute Gasteiger partial charge is 0.493 e. The van der Waals surface area contributed by atoms with E-state index in [2.05, 4.69) is 40.8 Å². The number of halogens is 1. The summed E-state index contributed by atoms with van der Waals surface area (Å²) in [5.41, 5.74) is 3.66. The van der Waals surface area contributed by atoms with Crippen LogP contribution >= 0.6 is 22.6 Å². The second kappa shape index (κ2) is 10.2.